The standard InChI is InChI=1S/C47H27N/c1-2-13-31-30(12-1)36-17-9-11-28-23-26-43-46(44(28)36)45-37(31)18-10-22-42(45)48(43)29-24-25-35-34-16-5-8-21-40(34)47(41(35)27-29)38-19-6-3-14-32(38)33-15-4-7-20-39(33)47/h1-27H. The van der Waals surface area contributed by atoms with Crippen molar-refractivity contribution in [2.24, 2.45) is 0 Å². The van der Waals surface area contributed by atoms with E-state index in [1.807, 2.05) is 0 Å². The van der Waals surface area contributed by atoms with Crippen molar-refractivity contribution in [1.29, 1.82) is 0 Å². The van der Waals surface area contributed by atoms with Gasteiger partial charge in [-0.05, 0) is 102 Å². The van der Waals surface area contributed by atoms with E-state index in [4.69, 9.17) is 0 Å². The minimum atomic E-state index is -0.372. The smallest absolute Gasteiger partial charge is 0.0726 e. The molecule has 0 N–H and O–H groups in total. The monoisotopic (exact) mass is 605 g/mol. The Kier molecular flexibility index (Phi) is 4.47. The third kappa shape index (κ3) is 2.75. The van der Waals surface area contributed by atoms with Crippen LogP contribution in [-0.4, -0.2) is 4.57 Å². The van der Waals surface area contributed by atoms with Crippen molar-refractivity contribution in [3.63, 3.8) is 0 Å². The van der Waals surface area contributed by atoms with Gasteiger partial charge in [0.2, 0.25) is 0 Å². The van der Waals surface area contributed by atoms with Crippen molar-refractivity contribution in [2.45, 2.75) is 5.41 Å². The maximum absolute atomic E-state index is 2.53. The summed E-state index contributed by atoms with van der Waals surface area (Å²) >= 11 is 0. The van der Waals surface area contributed by atoms with Crippen LogP contribution in [0.25, 0.3) is 82.8 Å². The highest BCUT2D eigenvalue weighted by molar-refractivity contribution is 6.30. The quantitative estimate of drug-likeness (QED) is 0.175. The fourth-order valence-electron chi connectivity index (χ4n) is 9.83. The summed E-state index contributed by atoms with van der Waals surface area (Å²) in [6.07, 6.45) is 0. The molecule has 0 radical (unpaired) electrons. The fourth-order valence-corrected chi connectivity index (χ4v) is 9.83. The van der Waals surface area contributed by atoms with Crippen LogP contribution in [-0.2, 0) is 5.41 Å². The van der Waals surface area contributed by atoms with Crippen LogP contribution in [0.4, 0.5) is 0 Å². The first-order valence-electron chi connectivity index (χ1n) is 16.9. The molecule has 220 valence electrons. The number of benzene rings is 8. The van der Waals surface area contributed by atoms with Crippen molar-refractivity contribution >= 4 is 32.6 Å². The van der Waals surface area contributed by atoms with Gasteiger partial charge in [-0.15, -0.1) is 0 Å². The number of nitrogens with zero attached hydrogens (tertiary/aromatic N) is 1. The Balaban J connectivity index is 1.23. The van der Waals surface area contributed by atoms with Gasteiger partial charge in [0.1, 0.15) is 0 Å². The van der Waals surface area contributed by atoms with Gasteiger partial charge in [0.15, 0.2) is 0 Å². The lowest BCUT2D eigenvalue weighted by atomic mass is 9.70. The summed E-state index contributed by atoms with van der Waals surface area (Å²) in [7, 11) is 0. The molecule has 3 aliphatic rings. The molecule has 0 fully saturated rings. The lowest BCUT2D eigenvalue weighted by Gasteiger charge is -2.30. The lowest BCUT2D eigenvalue weighted by molar-refractivity contribution is 0.792. The van der Waals surface area contributed by atoms with Gasteiger partial charge in [-0.1, -0.05) is 140 Å². The average Bonchev–Trinajstić information content (AvgIpc) is 3.73. The van der Waals surface area contributed by atoms with Gasteiger partial charge in [-0.25, -0.2) is 0 Å². The molecule has 1 heteroatoms. The Morgan fingerprint density at radius 1 is 0.312 bits per heavy atom. The Hall–Kier alpha value is -6.18. The van der Waals surface area contributed by atoms with Gasteiger partial charge < -0.3 is 4.57 Å². The van der Waals surface area contributed by atoms with E-state index in [9.17, 15) is 0 Å². The number of fused-ring (bicyclic) bond motifs is 13. The molecule has 1 aromatic heterocycles. The van der Waals surface area contributed by atoms with Crippen LogP contribution < -0.4 is 0 Å². The van der Waals surface area contributed by atoms with E-state index in [1.54, 1.807) is 0 Å². The molecule has 8 aromatic carbocycles. The first-order chi connectivity index (χ1) is 23.8. The largest absolute Gasteiger partial charge is 0.309 e. The van der Waals surface area contributed by atoms with Gasteiger partial charge >= 0.3 is 0 Å². The van der Waals surface area contributed by atoms with E-state index in [1.165, 1.54) is 105 Å². The average molecular weight is 606 g/mol. The molecule has 0 saturated carbocycles. The minimum Gasteiger partial charge on any atom is -0.309 e. The topological polar surface area (TPSA) is 4.93 Å². The second-order valence-corrected chi connectivity index (χ2v) is 13.6. The molecule has 12 rings (SSSR count). The molecule has 0 saturated heterocycles. The van der Waals surface area contributed by atoms with Gasteiger partial charge in [0, 0.05) is 16.5 Å². The Morgan fingerprint density at radius 2 is 0.812 bits per heavy atom. The predicted molar refractivity (Wildman–Crippen MR) is 199 cm³/mol. The van der Waals surface area contributed by atoms with E-state index >= 15 is 0 Å². The van der Waals surface area contributed by atoms with Crippen LogP contribution >= 0.6 is 0 Å². The molecule has 3 aliphatic carbocycles. The zero-order valence-corrected chi connectivity index (χ0v) is 26.0. The van der Waals surface area contributed by atoms with E-state index in [0.717, 1.165) is 0 Å². The highest BCUT2D eigenvalue weighted by atomic mass is 15.0. The second-order valence-electron chi connectivity index (χ2n) is 13.6. The third-order valence-corrected chi connectivity index (χ3v) is 11.5. The summed E-state index contributed by atoms with van der Waals surface area (Å²) < 4.78 is 2.53. The molecule has 0 atom stereocenters. The van der Waals surface area contributed by atoms with Crippen LogP contribution in [0.1, 0.15) is 22.3 Å². The molecule has 0 unspecified atom stereocenters. The highest BCUT2D eigenvalue weighted by Gasteiger charge is 2.51. The number of hydrogen-bond acceptors (Lipinski definition) is 0. The van der Waals surface area contributed by atoms with Crippen molar-refractivity contribution in [3.8, 4) is 50.2 Å². The first-order valence-corrected chi connectivity index (χ1v) is 16.9. The second kappa shape index (κ2) is 8.59. The number of aromatic nitrogens is 1. The van der Waals surface area contributed by atoms with Gasteiger partial charge in [-0.3, -0.25) is 0 Å². The lowest BCUT2D eigenvalue weighted by Crippen LogP contribution is -2.26. The zero-order valence-electron chi connectivity index (χ0n) is 26.0. The summed E-state index contributed by atoms with van der Waals surface area (Å²) in [5.74, 6) is 0. The van der Waals surface area contributed by atoms with E-state index in [-0.39, 0.29) is 5.41 Å². The van der Waals surface area contributed by atoms with Crippen molar-refractivity contribution in [3.05, 3.63) is 186 Å². The van der Waals surface area contributed by atoms with Crippen molar-refractivity contribution < 1.29 is 0 Å². The molecule has 1 heterocycles. The summed E-state index contributed by atoms with van der Waals surface area (Å²) in [5.41, 5.74) is 19.4. The number of rotatable bonds is 1. The van der Waals surface area contributed by atoms with Gasteiger partial charge in [0.05, 0.1) is 16.4 Å². The van der Waals surface area contributed by atoms with Crippen LogP contribution in [0.2, 0.25) is 0 Å². The van der Waals surface area contributed by atoms with Crippen LogP contribution in [0.3, 0.4) is 0 Å². The first kappa shape index (κ1) is 25.0. The zero-order chi connectivity index (χ0) is 31.1. The van der Waals surface area contributed by atoms with Crippen molar-refractivity contribution in [1.82, 2.24) is 4.57 Å². The van der Waals surface area contributed by atoms with Gasteiger partial charge in [-0.2, -0.15) is 0 Å². The third-order valence-electron chi connectivity index (χ3n) is 11.5. The Labute approximate surface area is 278 Å². The molecule has 0 bridgehead atoms. The summed E-state index contributed by atoms with van der Waals surface area (Å²) in [5, 5.41) is 5.32. The maximum Gasteiger partial charge on any atom is 0.0726 e. The SMILES string of the molecule is c1ccc2c(c1)-c1cccc3ccc4c(c13)c1c-2cccc1n4-c1ccc2c(c1)C1(c3ccccc3-c3ccccc31)c1ccccc1-2. The summed E-state index contributed by atoms with van der Waals surface area (Å²) in [6.45, 7) is 0. The van der Waals surface area contributed by atoms with Crippen LogP contribution in [0, 0.1) is 0 Å². The van der Waals surface area contributed by atoms with Crippen LogP contribution in [0.5, 0.6) is 0 Å². The van der Waals surface area contributed by atoms with E-state index < -0.39 is 0 Å². The van der Waals surface area contributed by atoms with E-state index in [0.29, 0.717) is 0 Å². The van der Waals surface area contributed by atoms with E-state index in [2.05, 4.69) is 168 Å². The molecule has 1 nitrogen and oxygen atoms in total. The summed E-state index contributed by atoms with van der Waals surface area (Å²) in [4.78, 5) is 0. The molecular formula is C47H27N. The molecule has 9 aromatic rings. The van der Waals surface area contributed by atoms with Crippen LogP contribution in [0.15, 0.2) is 164 Å². The molecular weight excluding hydrogens is 579 g/mol. The molecule has 0 amide bonds. The molecule has 48 heavy (non-hydrogen) atoms. The van der Waals surface area contributed by atoms with Gasteiger partial charge in [0.25, 0.3) is 0 Å². The normalized spacial score (nSPS) is 14.0. The molecule has 1 spiro atoms. The number of hydrogen-bond donors (Lipinski definition) is 0. The maximum atomic E-state index is 2.53. The minimum absolute atomic E-state index is 0.372. The predicted octanol–water partition coefficient (Wildman–Crippen LogP) is 11.9. The molecule has 0 aliphatic heterocycles. The Bertz CT molecular complexity index is 2840. The Morgan fingerprint density at radius 3 is 1.46 bits per heavy atom. The van der Waals surface area contributed by atoms with Crippen molar-refractivity contribution in [2.75, 3.05) is 0 Å². The summed E-state index contributed by atoms with van der Waals surface area (Å²) in [6, 6.07) is 61.7. The highest BCUT2D eigenvalue weighted by Crippen LogP contribution is 2.63. The fraction of sp³-hybridized carbons (Fsp3) is 0.0213.